The van der Waals surface area contributed by atoms with Gasteiger partial charge in [0.05, 0.1) is 11.1 Å². The number of nitrogens with two attached hydrogens (primary N) is 1. The van der Waals surface area contributed by atoms with Crippen LogP contribution >= 0.6 is 0 Å². The van der Waals surface area contributed by atoms with Gasteiger partial charge in [0.1, 0.15) is 0 Å². The van der Waals surface area contributed by atoms with Gasteiger partial charge in [0.15, 0.2) is 0 Å². The Labute approximate surface area is 76.4 Å². The zero-order valence-corrected chi connectivity index (χ0v) is 7.61. The summed E-state index contributed by atoms with van der Waals surface area (Å²) < 4.78 is 0. The van der Waals surface area contributed by atoms with E-state index >= 15 is 0 Å². The van der Waals surface area contributed by atoms with Crippen LogP contribution in [0, 0.1) is 0 Å². The third kappa shape index (κ3) is 1.81. The maximum absolute atomic E-state index is 11.3. The Bertz CT molecular complexity index is 296. The number of amides is 1. The first-order valence-electron chi connectivity index (χ1n) is 3.86. The van der Waals surface area contributed by atoms with Crippen LogP contribution in [-0.2, 0) is 10.2 Å². The van der Waals surface area contributed by atoms with E-state index in [2.05, 4.69) is 15.4 Å². The van der Waals surface area contributed by atoms with E-state index in [1.807, 2.05) is 0 Å². The molecule has 1 aromatic rings. The Kier molecular flexibility index (Phi) is 2.57. The lowest BCUT2D eigenvalue weighted by Gasteiger charge is -2.20. The van der Waals surface area contributed by atoms with E-state index in [-0.39, 0.29) is 5.91 Å². The Morgan fingerprint density at radius 2 is 2.23 bits per heavy atom. The van der Waals surface area contributed by atoms with Crippen LogP contribution in [0.5, 0.6) is 0 Å². The average Bonchev–Trinajstić information content (AvgIpc) is 2.18. The number of hydrazine groups is 1. The smallest absolute Gasteiger partial charge is 0.245 e. The molecule has 0 saturated carbocycles. The lowest BCUT2D eigenvalue weighted by atomic mass is 9.89. The van der Waals surface area contributed by atoms with Crippen LogP contribution in [0.2, 0.25) is 0 Å². The predicted molar refractivity (Wildman–Crippen MR) is 47.4 cm³/mol. The molecule has 70 valence electrons. The summed E-state index contributed by atoms with van der Waals surface area (Å²) >= 11 is 0. The first-order valence-corrected chi connectivity index (χ1v) is 3.86. The van der Waals surface area contributed by atoms with Gasteiger partial charge < -0.3 is 0 Å². The lowest BCUT2D eigenvalue weighted by Crippen LogP contribution is -2.44. The molecule has 1 aromatic heterocycles. The second kappa shape index (κ2) is 3.49. The number of hydrogen-bond acceptors (Lipinski definition) is 4. The molecule has 1 heterocycles. The standard InChI is InChI=1S/C8H12N4O/c1-8(2,7(13)12-9)6-5-10-3-4-11-6/h3-5H,9H2,1-2H3,(H,12,13). The molecule has 0 aromatic carbocycles. The molecule has 0 unspecified atom stereocenters. The highest BCUT2D eigenvalue weighted by atomic mass is 16.2. The van der Waals surface area contributed by atoms with Crippen molar-refractivity contribution in [3.05, 3.63) is 24.3 Å². The summed E-state index contributed by atoms with van der Waals surface area (Å²) in [6, 6.07) is 0. The number of rotatable bonds is 2. The summed E-state index contributed by atoms with van der Waals surface area (Å²) in [5.74, 6) is 4.76. The number of aromatic nitrogens is 2. The molecular formula is C8H12N4O. The molecule has 3 N–H and O–H groups in total. The molecule has 1 rings (SSSR count). The number of nitrogens with zero attached hydrogens (tertiary/aromatic N) is 2. The molecular weight excluding hydrogens is 168 g/mol. The van der Waals surface area contributed by atoms with Gasteiger partial charge in [-0.2, -0.15) is 0 Å². The highest BCUT2D eigenvalue weighted by Crippen LogP contribution is 2.19. The highest BCUT2D eigenvalue weighted by molar-refractivity contribution is 5.86. The Hall–Kier alpha value is -1.49. The van der Waals surface area contributed by atoms with Crippen molar-refractivity contribution in [1.29, 1.82) is 0 Å². The summed E-state index contributed by atoms with van der Waals surface area (Å²) in [5.41, 5.74) is 1.95. The van der Waals surface area contributed by atoms with Crippen molar-refractivity contribution < 1.29 is 4.79 Å². The molecule has 13 heavy (non-hydrogen) atoms. The molecule has 5 heteroatoms. The third-order valence-corrected chi connectivity index (χ3v) is 1.90. The Balaban J connectivity index is 3.00. The van der Waals surface area contributed by atoms with Crippen molar-refractivity contribution in [3.63, 3.8) is 0 Å². The van der Waals surface area contributed by atoms with Crippen molar-refractivity contribution in [2.24, 2.45) is 5.84 Å². The van der Waals surface area contributed by atoms with E-state index < -0.39 is 5.41 Å². The van der Waals surface area contributed by atoms with E-state index in [9.17, 15) is 4.79 Å². The summed E-state index contributed by atoms with van der Waals surface area (Å²) in [6.07, 6.45) is 4.65. The van der Waals surface area contributed by atoms with Crippen LogP contribution in [0.3, 0.4) is 0 Å². The molecule has 0 aliphatic carbocycles. The monoisotopic (exact) mass is 180 g/mol. The molecule has 0 atom stereocenters. The number of carbonyl (C=O) groups is 1. The van der Waals surface area contributed by atoms with Gasteiger partial charge in [0.2, 0.25) is 5.91 Å². The van der Waals surface area contributed by atoms with E-state index in [0.717, 1.165) is 0 Å². The fourth-order valence-corrected chi connectivity index (χ4v) is 0.919. The van der Waals surface area contributed by atoms with Gasteiger partial charge >= 0.3 is 0 Å². The number of nitrogens with one attached hydrogen (secondary N) is 1. The first kappa shape index (κ1) is 9.60. The van der Waals surface area contributed by atoms with Gasteiger partial charge in [0, 0.05) is 18.6 Å². The van der Waals surface area contributed by atoms with E-state index in [1.54, 1.807) is 32.4 Å². The van der Waals surface area contributed by atoms with Gasteiger partial charge in [-0.25, -0.2) is 5.84 Å². The van der Waals surface area contributed by atoms with Gasteiger partial charge in [-0.05, 0) is 13.8 Å². The van der Waals surface area contributed by atoms with Crippen molar-refractivity contribution in [2.75, 3.05) is 0 Å². The zero-order chi connectivity index (χ0) is 9.90. The van der Waals surface area contributed by atoms with Crippen molar-refractivity contribution in [2.45, 2.75) is 19.3 Å². The van der Waals surface area contributed by atoms with Crippen LogP contribution in [0.15, 0.2) is 18.6 Å². The van der Waals surface area contributed by atoms with Crippen LogP contribution in [0.1, 0.15) is 19.5 Å². The van der Waals surface area contributed by atoms with Crippen LogP contribution in [-0.4, -0.2) is 15.9 Å². The summed E-state index contributed by atoms with van der Waals surface area (Å²) in [6.45, 7) is 3.47. The third-order valence-electron chi connectivity index (χ3n) is 1.90. The van der Waals surface area contributed by atoms with E-state index in [0.29, 0.717) is 5.69 Å². The van der Waals surface area contributed by atoms with Crippen molar-refractivity contribution in [3.8, 4) is 0 Å². The number of hydrogen-bond donors (Lipinski definition) is 2. The maximum atomic E-state index is 11.3. The average molecular weight is 180 g/mol. The molecule has 0 radical (unpaired) electrons. The quantitative estimate of drug-likeness (QED) is 0.373. The highest BCUT2D eigenvalue weighted by Gasteiger charge is 2.30. The SMILES string of the molecule is CC(C)(C(=O)NN)c1cnccn1. The minimum atomic E-state index is -0.747. The maximum Gasteiger partial charge on any atom is 0.245 e. The second-order valence-corrected chi connectivity index (χ2v) is 3.19. The first-order chi connectivity index (χ1) is 6.09. The second-order valence-electron chi connectivity index (χ2n) is 3.19. The Morgan fingerprint density at radius 1 is 1.54 bits per heavy atom. The minimum absolute atomic E-state index is 0.284. The number of carbonyl (C=O) groups excluding carboxylic acids is 1. The minimum Gasteiger partial charge on any atom is -0.293 e. The van der Waals surface area contributed by atoms with Gasteiger partial charge in [-0.1, -0.05) is 0 Å². The predicted octanol–water partition coefficient (Wildman–Crippen LogP) is -0.256. The zero-order valence-electron chi connectivity index (χ0n) is 7.61. The molecule has 0 fully saturated rings. The van der Waals surface area contributed by atoms with E-state index in [1.165, 1.54) is 0 Å². The largest absolute Gasteiger partial charge is 0.293 e. The fourth-order valence-electron chi connectivity index (χ4n) is 0.919. The molecule has 0 aliphatic heterocycles. The van der Waals surface area contributed by atoms with Crippen molar-refractivity contribution >= 4 is 5.91 Å². The van der Waals surface area contributed by atoms with E-state index in [4.69, 9.17) is 5.84 Å². The summed E-state index contributed by atoms with van der Waals surface area (Å²) in [4.78, 5) is 19.3. The van der Waals surface area contributed by atoms with Crippen LogP contribution < -0.4 is 11.3 Å². The fraction of sp³-hybridized carbons (Fsp3) is 0.375. The van der Waals surface area contributed by atoms with Gasteiger partial charge in [-0.3, -0.25) is 20.2 Å². The normalized spacial score (nSPS) is 11.0. The molecule has 0 spiro atoms. The molecule has 1 amide bonds. The Morgan fingerprint density at radius 3 is 2.69 bits per heavy atom. The molecule has 0 aliphatic rings. The molecule has 0 bridgehead atoms. The van der Waals surface area contributed by atoms with Crippen molar-refractivity contribution in [1.82, 2.24) is 15.4 Å². The summed E-state index contributed by atoms with van der Waals surface area (Å²) in [7, 11) is 0. The topological polar surface area (TPSA) is 80.9 Å². The lowest BCUT2D eigenvalue weighted by molar-refractivity contribution is -0.125. The van der Waals surface area contributed by atoms with Crippen LogP contribution in [0.25, 0.3) is 0 Å². The van der Waals surface area contributed by atoms with Gasteiger partial charge in [-0.15, -0.1) is 0 Å². The molecule has 5 nitrogen and oxygen atoms in total. The van der Waals surface area contributed by atoms with Gasteiger partial charge in [0.25, 0.3) is 0 Å². The molecule has 0 saturated heterocycles. The summed E-state index contributed by atoms with van der Waals surface area (Å²) in [5, 5.41) is 0. The van der Waals surface area contributed by atoms with Crippen LogP contribution in [0.4, 0.5) is 0 Å².